The van der Waals surface area contributed by atoms with Crippen molar-refractivity contribution < 1.29 is 4.74 Å². The Labute approximate surface area is 175 Å². The molecule has 7 heteroatoms. The summed E-state index contributed by atoms with van der Waals surface area (Å²) in [4.78, 5) is 14.2. The van der Waals surface area contributed by atoms with Crippen molar-refractivity contribution in [1.82, 2.24) is 19.8 Å². The number of nitrogens with one attached hydrogen (secondary N) is 1. The predicted molar refractivity (Wildman–Crippen MR) is 118 cm³/mol. The summed E-state index contributed by atoms with van der Waals surface area (Å²) in [6.45, 7) is 7.37. The number of nitrogens with zero attached hydrogens (tertiary/aromatic N) is 4. The van der Waals surface area contributed by atoms with Crippen LogP contribution in [-0.2, 0) is 11.3 Å². The Hall–Kier alpha value is -2.06. The molecular weight excluding hydrogens is 382 g/mol. The van der Waals surface area contributed by atoms with Crippen LogP contribution in [0.2, 0.25) is 0 Å². The summed E-state index contributed by atoms with van der Waals surface area (Å²) in [5.41, 5.74) is 3.37. The highest BCUT2D eigenvalue weighted by atomic mass is 32.1. The van der Waals surface area contributed by atoms with Crippen molar-refractivity contribution in [2.24, 2.45) is 0 Å². The van der Waals surface area contributed by atoms with E-state index in [0.717, 1.165) is 54.8 Å². The molecule has 29 heavy (non-hydrogen) atoms. The number of likely N-dealkylation sites (tertiary alicyclic amines) is 1. The normalized spacial score (nSPS) is 19.6. The summed E-state index contributed by atoms with van der Waals surface area (Å²) in [5, 5.41) is 5.36. The maximum absolute atomic E-state index is 5.49. The van der Waals surface area contributed by atoms with Crippen LogP contribution in [0.5, 0.6) is 0 Å². The maximum Gasteiger partial charge on any atom is 0.227 e. The second-order valence-corrected chi connectivity index (χ2v) is 8.79. The first-order chi connectivity index (χ1) is 14.3. The van der Waals surface area contributed by atoms with Gasteiger partial charge in [-0.1, -0.05) is 12.1 Å². The quantitative estimate of drug-likeness (QED) is 0.693. The molecule has 0 aliphatic carbocycles. The molecule has 3 aromatic rings. The maximum atomic E-state index is 5.49. The SMILES string of the molecule is c1cc2nc(Nc3ccc(CN4CCC(N5CCOCC5)CC4)cc3)ncc2s1. The lowest BCUT2D eigenvalue weighted by Gasteiger charge is -2.40. The largest absolute Gasteiger partial charge is 0.379 e. The van der Waals surface area contributed by atoms with Crippen LogP contribution in [0.15, 0.2) is 41.9 Å². The van der Waals surface area contributed by atoms with Gasteiger partial charge in [0.1, 0.15) is 0 Å². The molecule has 1 N–H and O–H groups in total. The molecule has 1 aromatic carbocycles. The van der Waals surface area contributed by atoms with E-state index in [1.165, 1.54) is 31.5 Å². The number of anilines is 2. The van der Waals surface area contributed by atoms with Gasteiger partial charge in [-0.2, -0.15) is 0 Å². The molecule has 0 radical (unpaired) electrons. The zero-order valence-corrected chi connectivity index (χ0v) is 17.4. The van der Waals surface area contributed by atoms with E-state index in [9.17, 15) is 0 Å². The smallest absolute Gasteiger partial charge is 0.227 e. The van der Waals surface area contributed by atoms with Crippen molar-refractivity contribution in [2.75, 3.05) is 44.7 Å². The van der Waals surface area contributed by atoms with E-state index in [4.69, 9.17) is 4.74 Å². The van der Waals surface area contributed by atoms with Gasteiger partial charge in [-0.3, -0.25) is 9.80 Å². The highest BCUT2D eigenvalue weighted by Gasteiger charge is 2.25. The summed E-state index contributed by atoms with van der Waals surface area (Å²) < 4.78 is 6.60. The zero-order valence-electron chi connectivity index (χ0n) is 16.6. The third-order valence-corrected chi connectivity index (χ3v) is 6.78. The fourth-order valence-corrected chi connectivity index (χ4v) is 4.98. The summed E-state index contributed by atoms with van der Waals surface area (Å²) in [5.74, 6) is 0.647. The van der Waals surface area contributed by atoms with Gasteiger partial charge in [-0.15, -0.1) is 11.3 Å². The third kappa shape index (κ3) is 4.59. The van der Waals surface area contributed by atoms with E-state index in [1.54, 1.807) is 11.3 Å². The minimum absolute atomic E-state index is 0.647. The summed E-state index contributed by atoms with van der Waals surface area (Å²) >= 11 is 1.66. The number of morpholine rings is 1. The Kier molecular flexibility index (Phi) is 5.71. The summed E-state index contributed by atoms with van der Waals surface area (Å²) in [6, 6.07) is 11.4. The number of piperidine rings is 1. The third-order valence-electron chi connectivity index (χ3n) is 5.94. The average Bonchev–Trinajstić information content (AvgIpc) is 3.24. The van der Waals surface area contributed by atoms with E-state index in [2.05, 4.69) is 49.4 Å². The molecule has 2 aromatic heterocycles. The fraction of sp³-hybridized carbons (Fsp3) is 0.455. The van der Waals surface area contributed by atoms with Crippen molar-refractivity contribution in [3.63, 3.8) is 0 Å². The molecule has 0 atom stereocenters. The standard InChI is InChI=1S/C22H27N5OS/c1-3-18(24-22-23-15-21-20(25-22)7-14-29-21)4-2-17(1)16-26-8-5-19(6-9-26)27-10-12-28-13-11-27/h1-4,7,14-15,19H,5-6,8-13,16H2,(H,23,24,25). The highest BCUT2D eigenvalue weighted by Crippen LogP contribution is 2.22. The molecular formula is C22H27N5OS. The molecule has 0 bridgehead atoms. The molecule has 5 rings (SSSR count). The van der Waals surface area contributed by atoms with E-state index in [-0.39, 0.29) is 0 Å². The molecule has 152 valence electrons. The number of fused-ring (bicyclic) bond motifs is 1. The Morgan fingerprint density at radius 3 is 2.62 bits per heavy atom. The lowest BCUT2D eigenvalue weighted by Crippen LogP contribution is -2.48. The fourth-order valence-electron chi connectivity index (χ4n) is 4.29. The van der Waals surface area contributed by atoms with Crippen LogP contribution in [0, 0.1) is 0 Å². The van der Waals surface area contributed by atoms with Gasteiger partial charge in [0.25, 0.3) is 0 Å². The van der Waals surface area contributed by atoms with E-state index in [1.807, 2.05) is 17.6 Å². The molecule has 2 aliphatic rings. The number of hydrogen-bond donors (Lipinski definition) is 1. The second-order valence-electron chi connectivity index (χ2n) is 7.84. The minimum atomic E-state index is 0.647. The summed E-state index contributed by atoms with van der Waals surface area (Å²) in [6.07, 6.45) is 4.41. The Balaban J connectivity index is 1.14. The number of benzene rings is 1. The van der Waals surface area contributed by atoms with Gasteiger partial charge < -0.3 is 10.1 Å². The molecule has 6 nitrogen and oxygen atoms in total. The Morgan fingerprint density at radius 1 is 1.03 bits per heavy atom. The Morgan fingerprint density at radius 2 is 1.83 bits per heavy atom. The first kappa shape index (κ1) is 18.9. The number of thiophene rings is 1. The van der Waals surface area contributed by atoms with Crippen molar-refractivity contribution in [3.8, 4) is 0 Å². The van der Waals surface area contributed by atoms with Gasteiger partial charge in [0, 0.05) is 31.4 Å². The summed E-state index contributed by atoms with van der Waals surface area (Å²) in [7, 11) is 0. The molecule has 0 saturated carbocycles. The Bertz CT molecular complexity index is 930. The zero-order chi connectivity index (χ0) is 19.5. The number of ether oxygens (including phenoxy) is 1. The molecule has 0 amide bonds. The van der Waals surface area contributed by atoms with Crippen LogP contribution in [-0.4, -0.2) is 65.2 Å². The number of rotatable bonds is 5. The number of aromatic nitrogens is 2. The highest BCUT2D eigenvalue weighted by molar-refractivity contribution is 7.17. The topological polar surface area (TPSA) is 53.5 Å². The first-order valence-electron chi connectivity index (χ1n) is 10.4. The number of hydrogen-bond acceptors (Lipinski definition) is 7. The van der Waals surface area contributed by atoms with Gasteiger partial charge in [0.2, 0.25) is 5.95 Å². The van der Waals surface area contributed by atoms with E-state index >= 15 is 0 Å². The van der Waals surface area contributed by atoms with Crippen LogP contribution in [0.4, 0.5) is 11.6 Å². The monoisotopic (exact) mass is 409 g/mol. The van der Waals surface area contributed by atoms with Crippen LogP contribution in [0.1, 0.15) is 18.4 Å². The van der Waals surface area contributed by atoms with Gasteiger partial charge >= 0.3 is 0 Å². The van der Waals surface area contributed by atoms with Gasteiger partial charge in [-0.25, -0.2) is 9.97 Å². The van der Waals surface area contributed by atoms with Gasteiger partial charge in [-0.05, 0) is 55.1 Å². The molecule has 2 saturated heterocycles. The molecule has 2 fully saturated rings. The molecule has 4 heterocycles. The van der Waals surface area contributed by atoms with Crippen molar-refractivity contribution in [2.45, 2.75) is 25.4 Å². The lowest BCUT2D eigenvalue weighted by atomic mass is 10.0. The van der Waals surface area contributed by atoms with E-state index in [0.29, 0.717) is 5.95 Å². The lowest BCUT2D eigenvalue weighted by molar-refractivity contribution is 0.000231. The van der Waals surface area contributed by atoms with Crippen LogP contribution in [0.25, 0.3) is 10.2 Å². The van der Waals surface area contributed by atoms with Crippen molar-refractivity contribution >= 4 is 33.2 Å². The van der Waals surface area contributed by atoms with Crippen LogP contribution >= 0.6 is 11.3 Å². The predicted octanol–water partition coefficient (Wildman–Crippen LogP) is 3.73. The van der Waals surface area contributed by atoms with Gasteiger partial charge in [0.15, 0.2) is 0 Å². The first-order valence-corrected chi connectivity index (χ1v) is 11.3. The molecule has 2 aliphatic heterocycles. The second kappa shape index (κ2) is 8.75. The van der Waals surface area contributed by atoms with Crippen LogP contribution < -0.4 is 5.32 Å². The average molecular weight is 410 g/mol. The molecule has 0 unspecified atom stereocenters. The van der Waals surface area contributed by atoms with Crippen molar-refractivity contribution in [1.29, 1.82) is 0 Å². The minimum Gasteiger partial charge on any atom is -0.379 e. The van der Waals surface area contributed by atoms with Gasteiger partial charge in [0.05, 0.1) is 29.6 Å². The van der Waals surface area contributed by atoms with Crippen LogP contribution in [0.3, 0.4) is 0 Å². The van der Waals surface area contributed by atoms with E-state index < -0.39 is 0 Å². The molecule has 0 spiro atoms. The van der Waals surface area contributed by atoms with Crippen molar-refractivity contribution in [3.05, 3.63) is 47.5 Å².